The van der Waals surface area contributed by atoms with Crippen molar-refractivity contribution in [1.29, 1.82) is 0 Å². The topological polar surface area (TPSA) is 97.9 Å². The zero-order chi connectivity index (χ0) is 25.7. The smallest absolute Gasteiger partial charge is 0.255 e. The molecule has 2 aliphatic rings. The fourth-order valence-electron chi connectivity index (χ4n) is 4.56. The van der Waals surface area contributed by atoms with Gasteiger partial charge in [0.05, 0.1) is 11.4 Å². The van der Waals surface area contributed by atoms with E-state index in [1.807, 2.05) is 21.9 Å². The Morgan fingerprint density at radius 1 is 0.889 bits per heavy atom. The van der Waals surface area contributed by atoms with Crippen molar-refractivity contribution in [3.05, 3.63) is 53.9 Å². The molecule has 192 valence electrons. The molecule has 9 nitrogen and oxygen atoms in total. The highest BCUT2D eigenvalue weighted by molar-refractivity contribution is 6.07. The van der Waals surface area contributed by atoms with Gasteiger partial charge in [-0.3, -0.25) is 19.4 Å². The number of carbonyl (C=O) groups excluding carboxylic acids is 3. The maximum atomic E-state index is 13.1. The van der Waals surface area contributed by atoms with Crippen molar-refractivity contribution >= 4 is 29.1 Å². The number of aromatic nitrogens is 1. The normalized spacial score (nSPS) is 16.6. The third kappa shape index (κ3) is 6.40. The van der Waals surface area contributed by atoms with E-state index in [-0.39, 0.29) is 23.1 Å². The Morgan fingerprint density at radius 2 is 1.56 bits per heavy atom. The van der Waals surface area contributed by atoms with Gasteiger partial charge in [0.15, 0.2) is 0 Å². The summed E-state index contributed by atoms with van der Waals surface area (Å²) < 4.78 is 0. The van der Waals surface area contributed by atoms with Crippen LogP contribution in [-0.2, 0) is 4.79 Å². The second-order valence-electron chi connectivity index (χ2n) is 10.6. The molecule has 1 aromatic carbocycles. The molecule has 36 heavy (non-hydrogen) atoms. The van der Waals surface area contributed by atoms with Crippen LogP contribution in [0.25, 0.3) is 0 Å². The van der Waals surface area contributed by atoms with Crippen LogP contribution in [0.2, 0.25) is 0 Å². The summed E-state index contributed by atoms with van der Waals surface area (Å²) in [5.41, 5.74) is 2.42. The molecule has 2 aliphatic heterocycles. The van der Waals surface area contributed by atoms with Gasteiger partial charge in [0.1, 0.15) is 0 Å². The van der Waals surface area contributed by atoms with Gasteiger partial charge >= 0.3 is 0 Å². The van der Waals surface area contributed by atoms with Crippen LogP contribution in [-0.4, -0.2) is 84.9 Å². The molecule has 3 heterocycles. The van der Waals surface area contributed by atoms with Gasteiger partial charge in [-0.15, -0.1) is 0 Å². The molecule has 3 amide bonds. The van der Waals surface area contributed by atoms with Gasteiger partial charge in [-0.05, 0) is 35.7 Å². The number of nitrogens with zero attached hydrogens (tertiary/aromatic N) is 4. The number of hydrogen-bond donors (Lipinski definition) is 2. The molecule has 9 heteroatoms. The van der Waals surface area contributed by atoms with Crippen molar-refractivity contribution in [2.45, 2.75) is 27.2 Å². The molecule has 4 rings (SSSR count). The second-order valence-corrected chi connectivity index (χ2v) is 10.6. The summed E-state index contributed by atoms with van der Waals surface area (Å²) in [5, 5.41) is 6.28. The first kappa shape index (κ1) is 25.6. The molecule has 2 fully saturated rings. The number of rotatable bonds is 5. The minimum atomic E-state index is -0.260. The molecule has 0 unspecified atom stereocenters. The summed E-state index contributed by atoms with van der Waals surface area (Å²) in [5.74, 6) is -0.130. The maximum Gasteiger partial charge on any atom is 0.255 e. The lowest BCUT2D eigenvalue weighted by molar-refractivity contribution is -0.133. The summed E-state index contributed by atoms with van der Waals surface area (Å²) in [6.07, 6.45) is 3.67. The third-order valence-corrected chi connectivity index (χ3v) is 6.49. The number of carbonyl (C=O) groups is 3. The number of hydrogen-bond acceptors (Lipinski definition) is 6. The van der Waals surface area contributed by atoms with E-state index in [1.165, 1.54) is 0 Å². The molecular weight excluding hydrogens is 456 g/mol. The molecular formula is C27H36N6O3. The van der Waals surface area contributed by atoms with Crippen LogP contribution in [0.3, 0.4) is 0 Å². The Balaban J connectivity index is 1.54. The molecule has 0 bridgehead atoms. The van der Waals surface area contributed by atoms with Gasteiger partial charge in [0.25, 0.3) is 11.8 Å². The Labute approximate surface area is 212 Å². The summed E-state index contributed by atoms with van der Waals surface area (Å²) in [6.45, 7) is 11.6. The number of benzene rings is 1. The summed E-state index contributed by atoms with van der Waals surface area (Å²) >= 11 is 0. The lowest BCUT2D eigenvalue weighted by Gasteiger charge is -2.38. The van der Waals surface area contributed by atoms with Crippen molar-refractivity contribution in [3.63, 3.8) is 0 Å². The highest BCUT2D eigenvalue weighted by Crippen LogP contribution is 2.30. The molecule has 1 aromatic heterocycles. The largest absolute Gasteiger partial charge is 0.366 e. The van der Waals surface area contributed by atoms with Crippen LogP contribution in [0.15, 0.2) is 42.7 Å². The quantitative estimate of drug-likeness (QED) is 0.666. The van der Waals surface area contributed by atoms with Gasteiger partial charge in [-0.25, -0.2) is 0 Å². The fourth-order valence-corrected chi connectivity index (χ4v) is 4.56. The molecule has 0 aliphatic carbocycles. The first-order valence-corrected chi connectivity index (χ1v) is 12.6. The number of anilines is 2. The van der Waals surface area contributed by atoms with Crippen molar-refractivity contribution in [2.75, 3.05) is 62.6 Å². The molecule has 2 aromatic rings. The van der Waals surface area contributed by atoms with Crippen molar-refractivity contribution in [1.82, 2.24) is 20.1 Å². The van der Waals surface area contributed by atoms with Gasteiger partial charge in [0.2, 0.25) is 5.91 Å². The molecule has 0 radical (unpaired) electrons. The minimum absolute atomic E-state index is 0.0416. The molecule has 2 saturated heterocycles. The highest BCUT2D eigenvalue weighted by atomic mass is 16.2. The van der Waals surface area contributed by atoms with Crippen molar-refractivity contribution < 1.29 is 14.4 Å². The zero-order valence-electron chi connectivity index (χ0n) is 21.4. The molecule has 0 spiro atoms. The lowest BCUT2D eigenvalue weighted by atomic mass is 9.91. The van der Waals surface area contributed by atoms with Crippen LogP contribution in [0.4, 0.5) is 11.4 Å². The number of piperazine rings is 2. The van der Waals surface area contributed by atoms with E-state index in [1.54, 1.807) is 30.6 Å². The Bertz CT molecular complexity index is 1080. The average molecular weight is 493 g/mol. The van der Waals surface area contributed by atoms with Crippen molar-refractivity contribution in [3.8, 4) is 0 Å². The van der Waals surface area contributed by atoms with Gasteiger partial charge in [-0.1, -0.05) is 20.8 Å². The second kappa shape index (κ2) is 11.1. The highest BCUT2D eigenvalue weighted by Gasteiger charge is 2.27. The predicted molar refractivity (Wildman–Crippen MR) is 140 cm³/mol. The molecule has 2 N–H and O–H groups in total. The first-order valence-electron chi connectivity index (χ1n) is 12.6. The maximum absolute atomic E-state index is 13.1. The fraction of sp³-hybridized carbons (Fsp3) is 0.481. The van der Waals surface area contributed by atoms with Crippen LogP contribution in [0.5, 0.6) is 0 Å². The monoisotopic (exact) mass is 492 g/mol. The SMILES string of the molecule is CC(C)(C)CC(=O)N1CCN(c2ccc(C(=O)N3CCNCC3)cc2NC(=O)c2ccncc2)CC1. The van der Waals surface area contributed by atoms with E-state index in [0.717, 1.165) is 18.8 Å². The van der Waals surface area contributed by atoms with E-state index in [2.05, 4.69) is 41.3 Å². The number of pyridine rings is 1. The van der Waals surface area contributed by atoms with Crippen LogP contribution >= 0.6 is 0 Å². The van der Waals surface area contributed by atoms with Gasteiger partial charge in [0, 0.05) is 82.3 Å². The van der Waals surface area contributed by atoms with Gasteiger partial charge < -0.3 is 25.3 Å². The van der Waals surface area contributed by atoms with Gasteiger partial charge in [-0.2, -0.15) is 0 Å². The van der Waals surface area contributed by atoms with Crippen molar-refractivity contribution in [2.24, 2.45) is 5.41 Å². The van der Waals surface area contributed by atoms with Crippen LogP contribution < -0.4 is 15.5 Å². The Hall–Kier alpha value is -3.46. The van der Waals surface area contributed by atoms with Crippen LogP contribution in [0, 0.1) is 5.41 Å². The Morgan fingerprint density at radius 3 is 2.19 bits per heavy atom. The molecule has 0 atom stereocenters. The number of amides is 3. The van der Waals surface area contributed by atoms with E-state index >= 15 is 0 Å². The average Bonchev–Trinajstić information content (AvgIpc) is 2.88. The molecule has 0 saturated carbocycles. The zero-order valence-corrected chi connectivity index (χ0v) is 21.4. The minimum Gasteiger partial charge on any atom is -0.366 e. The Kier molecular flexibility index (Phi) is 7.88. The third-order valence-electron chi connectivity index (χ3n) is 6.49. The van der Waals surface area contributed by atoms with E-state index in [0.29, 0.717) is 62.5 Å². The van der Waals surface area contributed by atoms with E-state index < -0.39 is 0 Å². The summed E-state index contributed by atoms with van der Waals surface area (Å²) in [6, 6.07) is 8.83. The lowest BCUT2D eigenvalue weighted by Crippen LogP contribution is -2.49. The van der Waals surface area contributed by atoms with Crippen LogP contribution in [0.1, 0.15) is 47.9 Å². The summed E-state index contributed by atoms with van der Waals surface area (Å²) in [4.78, 5) is 48.7. The first-order chi connectivity index (χ1) is 17.2. The standard InChI is InChI=1S/C27H36N6O3/c1-27(2,3)19-24(34)32-16-14-31(15-17-32)23-5-4-21(26(36)33-12-10-29-11-13-33)18-22(23)30-25(35)20-6-8-28-9-7-20/h4-9,18,29H,10-17,19H2,1-3H3,(H,30,35). The predicted octanol–water partition coefficient (Wildman–Crippen LogP) is 2.46. The number of nitrogens with one attached hydrogen (secondary N) is 2. The van der Waals surface area contributed by atoms with E-state index in [4.69, 9.17) is 0 Å². The summed E-state index contributed by atoms with van der Waals surface area (Å²) in [7, 11) is 0. The van der Waals surface area contributed by atoms with E-state index in [9.17, 15) is 14.4 Å².